The van der Waals surface area contributed by atoms with E-state index in [-0.39, 0.29) is 4.75 Å². The maximum absolute atomic E-state index is 9.70. The van der Waals surface area contributed by atoms with Crippen LogP contribution in [0, 0.1) is 18.3 Å². The second-order valence-corrected chi connectivity index (χ2v) is 6.65. The Kier molecular flexibility index (Phi) is 3.99. The van der Waals surface area contributed by atoms with Gasteiger partial charge in [0.15, 0.2) is 0 Å². The minimum absolute atomic E-state index is 0.343. The van der Waals surface area contributed by atoms with E-state index in [0.717, 1.165) is 25.1 Å². The Hall–Kier alpha value is -0.980. The van der Waals surface area contributed by atoms with Crippen LogP contribution in [-0.4, -0.2) is 31.3 Å². The average molecular weight is 260 g/mol. The molecule has 2 nitrogen and oxygen atoms in total. The van der Waals surface area contributed by atoms with E-state index in [0.29, 0.717) is 0 Å². The molecule has 1 aliphatic rings. The van der Waals surface area contributed by atoms with Crippen LogP contribution < -0.4 is 0 Å². The van der Waals surface area contributed by atoms with Crippen molar-refractivity contribution in [2.24, 2.45) is 0 Å². The molecule has 1 aliphatic heterocycles. The number of rotatable bonds is 3. The van der Waals surface area contributed by atoms with E-state index in [2.05, 4.69) is 50.2 Å². The Morgan fingerprint density at radius 3 is 2.89 bits per heavy atom. The maximum atomic E-state index is 9.70. The molecule has 0 N–H and O–H groups in total. The summed E-state index contributed by atoms with van der Waals surface area (Å²) >= 11 is 1.82. The van der Waals surface area contributed by atoms with Gasteiger partial charge < -0.3 is 4.90 Å². The highest BCUT2D eigenvalue weighted by Gasteiger charge is 2.37. The van der Waals surface area contributed by atoms with Crippen molar-refractivity contribution in [2.45, 2.75) is 24.5 Å². The predicted molar refractivity (Wildman–Crippen MR) is 77.8 cm³/mol. The first-order valence-corrected chi connectivity index (χ1v) is 7.36. The molecular formula is C15H20N2S. The summed E-state index contributed by atoms with van der Waals surface area (Å²) in [7, 11) is 4.13. The van der Waals surface area contributed by atoms with Crippen LogP contribution in [0.2, 0.25) is 0 Å². The van der Waals surface area contributed by atoms with E-state index in [1.165, 1.54) is 16.7 Å². The number of thioether (sulfide) groups is 1. The average Bonchev–Trinajstić information content (AvgIpc) is 2.36. The van der Waals surface area contributed by atoms with Crippen molar-refractivity contribution in [1.82, 2.24) is 4.90 Å². The fourth-order valence-corrected chi connectivity index (χ4v) is 3.75. The van der Waals surface area contributed by atoms with Crippen molar-refractivity contribution in [3.8, 4) is 6.07 Å². The Morgan fingerprint density at radius 1 is 1.44 bits per heavy atom. The lowest BCUT2D eigenvalue weighted by Gasteiger charge is -2.34. The molecule has 0 spiro atoms. The lowest BCUT2D eigenvalue weighted by atomic mass is 9.88. The third-order valence-corrected chi connectivity index (χ3v) is 4.93. The molecule has 1 aromatic carbocycles. The molecule has 0 radical (unpaired) electrons. The molecule has 3 heteroatoms. The molecule has 0 aliphatic carbocycles. The quantitative estimate of drug-likeness (QED) is 0.836. The second-order valence-electron chi connectivity index (χ2n) is 5.25. The number of fused-ring (bicyclic) bond motifs is 1. The molecule has 1 unspecified atom stereocenters. The minimum atomic E-state index is -0.343. The Bertz CT molecular complexity index is 476. The topological polar surface area (TPSA) is 27.0 Å². The summed E-state index contributed by atoms with van der Waals surface area (Å²) in [5.41, 5.74) is 3.86. The first-order chi connectivity index (χ1) is 8.57. The van der Waals surface area contributed by atoms with Crippen LogP contribution in [0.15, 0.2) is 18.2 Å². The fraction of sp³-hybridized carbons (Fsp3) is 0.533. The van der Waals surface area contributed by atoms with E-state index in [9.17, 15) is 5.26 Å². The van der Waals surface area contributed by atoms with Gasteiger partial charge >= 0.3 is 0 Å². The summed E-state index contributed by atoms with van der Waals surface area (Å²) in [5, 5.41) is 9.70. The number of aryl methyl sites for hydroxylation is 2. The van der Waals surface area contributed by atoms with Crippen molar-refractivity contribution in [2.75, 3.05) is 26.4 Å². The molecular weight excluding hydrogens is 240 g/mol. The lowest BCUT2D eigenvalue weighted by molar-refractivity contribution is 0.385. The number of nitrogens with zero attached hydrogens (tertiary/aromatic N) is 2. The summed E-state index contributed by atoms with van der Waals surface area (Å²) in [5.74, 6) is 1.05. The Labute approximate surface area is 114 Å². The molecule has 1 heterocycles. The Morgan fingerprint density at radius 2 is 2.22 bits per heavy atom. The highest BCUT2D eigenvalue weighted by Crippen LogP contribution is 2.45. The number of hydrogen-bond acceptors (Lipinski definition) is 3. The number of benzene rings is 1. The van der Waals surface area contributed by atoms with Crippen molar-refractivity contribution in [3.63, 3.8) is 0 Å². The molecule has 0 saturated heterocycles. The largest absolute Gasteiger partial charge is 0.309 e. The van der Waals surface area contributed by atoms with Gasteiger partial charge in [0.05, 0.1) is 6.07 Å². The van der Waals surface area contributed by atoms with Gasteiger partial charge in [-0.3, -0.25) is 0 Å². The van der Waals surface area contributed by atoms with Gasteiger partial charge in [-0.1, -0.05) is 23.8 Å². The third kappa shape index (κ3) is 2.55. The summed E-state index contributed by atoms with van der Waals surface area (Å²) < 4.78 is -0.343. The van der Waals surface area contributed by atoms with Gasteiger partial charge in [-0.25, -0.2) is 0 Å². The zero-order chi connectivity index (χ0) is 13.2. The third-order valence-electron chi connectivity index (χ3n) is 3.51. The zero-order valence-corrected chi connectivity index (χ0v) is 12.2. The zero-order valence-electron chi connectivity index (χ0n) is 11.4. The fourth-order valence-electron chi connectivity index (χ4n) is 2.43. The minimum Gasteiger partial charge on any atom is -0.309 e. The maximum Gasteiger partial charge on any atom is 0.129 e. The molecule has 0 bridgehead atoms. The van der Waals surface area contributed by atoms with Crippen LogP contribution in [0.25, 0.3) is 0 Å². The van der Waals surface area contributed by atoms with Gasteiger partial charge in [0, 0.05) is 6.54 Å². The van der Waals surface area contributed by atoms with Gasteiger partial charge in [-0.05, 0) is 50.7 Å². The first kappa shape index (κ1) is 13.5. The highest BCUT2D eigenvalue weighted by atomic mass is 32.2. The van der Waals surface area contributed by atoms with E-state index < -0.39 is 0 Å². The standard InChI is InChI=1S/C15H20N2S/c1-12-4-5-13-6-9-18-15(11-16,14(13)10-12)7-8-17(2)3/h4-5,10H,6-9H2,1-3H3. The van der Waals surface area contributed by atoms with Gasteiger partial charge in [0.25, 0.3) is 0 Å². The van der Waals surface area contributed by atoms with Crippen LogP contribution in [0.3, 0.4) is 0 Å². The number of hydrogen-bond donors (Lipinski definition) is 0. The molecule has 0 fully saturated rings. The van der Waals surface area contributed by atoms with Crippen molar-refractivity contribution >= 4 is 11.8 Å². The van der Waals surface area contributed by atoms with Crippen molar-refractivity contribution < 1.29 is 0 Å². The molecule has 0 aromatic heterocycles. The monoisotopic (exact) mass is 260 g/mol. The summed E-state index contributed by atoms with van der Waals surface area (Å²) in [6, 6.07) is 9.16. The lowest BCUT2D eigenvalue weighted by Crippen LogP contribution is -2.30. The first-order valence-electron chi connectivity index (χ1n) is 6.37. The van der Waals surface area contributed by atoms with Gasteiger partial charge in [-0.15, -0.1) is 11.8 Å². The Balaban J connectivity index is 2.39. The van der Waals surface area contributed by atoms with E-state index in [4.69, 9.17) is 0 Å². The second kappa shape index (κ2) is 5.34. The van der Waals surface area contributed by atoms with E-state index in [1.807, 2.05) is 11.8 Å². The SMILES string of the molecule is Cc1ccc2c(c1)C(C#N)(CCN(C)C)SCC2. The van der Waals surface area contributed by atoms with Crippen LogP contribution in [-0.2, 0) is 11.2 Å². The van der Waals surface area contributed by atoms with E-state index in [1.54, 1.807) is 0 Å². The summed E-state index contributed by atoms with van der Waals surface area (Å²) in [4.78, 5) is 2.16. The predicted octanol–water partition coefficient (Wildman–Crippen LogP) is 2.95. The van der Waals surface area contributed by atoms with Gasteiger partial charge in [0.1, 0.15) is 4.75 Å². The molecule has 96 valence electrons. The highest BCUT2D eigenvalue weighted by molar-refractivity contribution is 8.00. The van der Waals surface area contributed by atoms with Crippen LogP contribution in [0.4, 0.5) is 0 Å². The van der Waals surface area contributed by atoms with Crippen LogP contribution >= 0.6 is 11.8 Å². The molecule has 0 amide bonds. The summed E-state index contributed by atoms with van der Waals surface area (Å²) in [6.07, 6.45) is 1.99. The normalized spacial score (nSPS) is 22.6. The molecule has 18 heavy (non-hydrogen) atoms. The molecule has 1 atom stereocenters. The molecule has 0 saturated carbocycles. The summed E-state index contributed by atoms with van der Waals surface area (Å²) in [6.45, 7) is 3.06. The van der Waals surface area contributed by atoms with E-state index >= 15 is 0 Å². The van der Waals surface area contributed by atoms with Crippen LogP contribution in [0.5, 0.6) is 0 Å². The van der Waals surface area contributed by atoms with Crippen LogP contribution in [0.1, 0.15) is 23.1 Å². The van der Waals surface area contributed by atoms with Crippen molar-refractivity contribution in [1.29, 1.82) is 5.26 Å². The molecule has 1 aromatic rings. The van der Waals surface area contributed by atoms with Gasteiger partial charge in [0.2, 0.25) is 0 Å². The smallest absolute Gasteiger partial charge is 0.129 e. The number of nitriles is 1. The molecule has 2 rings (SSSR count). The van der Waals surface area contributed by atoms with Crippen molar-refractivity contribution in [3.05, 3.63) is 34.9 Å². The van der Waals surface area contributed by atoms with Gasteiger partial charge in [-0.2, -0.15) is 5.26 Å².